The van der Waals surface area contributed by atoms with E-state index in [1.807, 2.05) is 17.3 Å². The molecule has 13 heteroatoms. The molecule has 6 aromatic carbocycles. The topological polar surface area (TPSA) is 24.7 Å². The molecule has 0 heterocycles. The quantitative estimate of drug-likeness (QED) is 0.0566. The minimum absolute atomic E-state index is 0.166. The zero-order chi connectivity index (χ0) is 40.8. The first-order valence-corrected chi connectivity index (χ1v) is 25.0. The Bertz CT molecular complexity index is 1970. The van der Waals surface area contributed by atoms with Crippen molar-refractivity contribution in [2.45, 2.75) is 37.8 Å². The van der Waals surface area contributed by atoms with E-state index in [1.54, 1.807) is 0 Å². The first-order valence-electron chi connectivity index (χ1n) is 18.0. The van der Waals surface area contributed by atoms with Gasteiger partial charge in [0.05, 0.1) is 12.1 Å². The summed E-state index contributed by atoms with van der Waals surface area (Å²) in [6, 6.07) is 61.7. The predicted molar refractivity (Wildman–Crippen MR) is 231 cm³/mol. The summed E-state index contributed by atoms with van der Waals surface area (Å²) in [4.78, 5) is 10.6. The molecule has 2 nitrogen and oxygen atoms in total. The van der Waals surface area contributed by atoms with Gasteiger partial charge in [-0.15, -0.1) is 0 Å². The zero-order valence-electron chi connectivity index (χ0n) is 30.5. The average Bonchev–Trinajstić information content (AvgIpc) is 3.22. The molecule has 0 amide bonds. The molecule has 0 unspecified atom stereocenters. The number of rotatable bonds is 10. The van der Waals surface area contributed by atoms with Crippen LogP contribution in [0.25, 0.3) is 0 Å². The van der Waals surface area contributed by atoms with Crippen LogP contribution in [-0.2, 0) is 17.3 Å². The van der Waals surface area contributed by atoms with Crippen molar-refractivity contribution in [2.24, 2.45) is 9.98 Å². The van der Waals surface area contributed by atoms with Gasteiger partial charge < -0.3 is 0 Å². The summed E-state index contributed by atoms with van der Waals surface area (Å²) in [5.74, 6) is 0. The predicted octanol–water partition coefficient (Wildman–Crippen LogP) is 12.1. The van der Waals surface area contributed by atoms with Crippen LogP contribution in [0.5, 0.6) is 0 Å². The fourth-order valence-corrected chi connectivity index (χ4v) is 11.4. The van der Waals surface area contributed by atoms with Crippen molar-refractivity contribution in [1.82, 2.24) is 0 Å². The SMILES string of the molecule is C(=N[C@H]1CCCC[C@@H]1N=Cc1ccccc1P(c1ccccc1)c1ccccc1)c1ccccc1P(c1ccccc1)c1ccccc1.F[P-](F)(F)(F)(F)F.[Cl][Ru+]. The van der Waals surface area contributed by atoms with Crippen molar-refractivity contribution in [3.8, 4) is 0 Å². The Balaban J connectivity index is 0.000000624. The molecule has 0 saturated heterocycles. The van der Waals surface area contributed by atoms with Crippen molar-refractivity contribution in [3.05, 3.63) is 181 Å². The number of benzene rings is 6. The Kier molecular flexibility index (Phi) is 15.6. The number of hydrogen-bond acceptors (Lipinski definition) is 2. The summed E-state index contributed by atoms with van der Waals surface area (Å²) in [7, 11) is -7.51. The Morgan fingerprint density at radius 3 is 0.965 bits per heavy atom. The van der Waals surface area contributed by atoms with Crippen LogP contribution in [0.1, 0.15) is 36.8 Å². The van der Waals surface area contributed by atoms with Gasteiger partial charge in [-0.2, -0.15) is 0 Å². The Labute approximate surface area is 347 Å². The van der Waals surface area contributed by atoms with E-state index < -0.39 is 23.7 Å². The fraction of sp³-hybridized carbons (Fsp3) is 0.136. The Hall–Kier alpha value is -3.56. The molecule has 0 bridgehead atoms. The van der Waals surface area contributed by atoms with Gasteiger partial charge in [0.1, 0.15) is 0 Å². The molecule has 2 atom stereocenters. The Morgan fingerprint density at radius 2 is 0.684 bits per heavy atom. The molecule has 0 aliphatic heterocycles. The van der Waals surface area contributed by atoms with Gasteiger partial charge in [0, 0.05) is 23.6 Å². The third-order valence-corrected chi connectivity index (χ3v) is 14.0. The van der Waals surface area contributed by atoms with Crippen LogP contribution in [0.2, 0.25) is 0 Å². The summed E-state index contributed by atoms with van der Waals surface area (Å²) < 4.78 is 59.2. The summed E-state index contributed by atoms with van der Waals surface area (Å²) in [6.45, 7) is 0. The van der Waals surface area contributed by atoms with Gasteiger partial charge in [-0.1, -0.05) is 183 Å². The number of hydrogen-bond donors (Lipinski definition) is 0. The maximum atomic E-state index is 9.87. The van der Waals surface area contributed by atoms with Crippen LogP contribution < -0.4 is 31.8 Å². The van der Waals surface area contributed by atoms with Gasteiger partial charge in [0.2, 0.25) is 0 Å². The van der Waals surface area contributed by atoms with Crippen LogP contribution >= 0.6 is 33.3 Å². The number of halogens is 7. The number of aliphatic imine (C=N–C) groups is 2. The first-order chi connectivity index (χ1) is 27.3. The van der Waals surface area contributed by atoms with Crippen molar-refractivity contribution in [2.75, 3.05) is 0 Å². The molecule has 1 saturated carbocycles. The fourth-order valence-electron chi connectivity index (χ4n) is 6.55. The standard InChI is InChI=1S/C44H40N2P2.ClH.F6P.Ru/c1-5-21-37(22-6-1)47(38-23-7-2-8-24-38)43-31-17-13-19-35(43)33-45-41-29-15-16-30-42(41)46-34-36-20-14-18-32-44(36)48(39-25-9-3-10-26-39)40-27-11-4-12-28-40;;1-7(2,3,4,5)6;/h1-14,17-28,31-34,41-42H,15-16,29-30H2;1H;;/q;;-1;+2/p-1/t41-,42-;;;/m0.../s1. The van der Waals surface area contributed by atoms with E-state index in [-0.39, 0.29) is 12.1 Å². The molecular formula is C44H40ClF6N2P3Ru. The van der Waals surface area contributed by atoms with Crippen LogP contribution in [0.4, 0.5) is 25.2 Å². The van der Waals surface area contributed by atoms with Gasteiger partial charge in [-0.05, 0) is 60.5 Å². The molecule has 57 heavy (non-hydrogen) atoms. The van der Waals surface area contributed by atoms with E-state index >= 15 is 0 Å². The summed E-state index contributed by atoms with van der Waals surface area (Å²) in [5.41, 5.74) is 2.40. The molecule has 0 spiro atoms. The van der Waals surface area contributed by atoms with E-state index in [0.717, 1.165) is 12.8 Å². The van der Waals surface area contributed by atoms with Gasteiger partial charge in [-0.25, -0.2) is 0 Å². The third-order valence-electron chi connectivity index (χ3n) is 8.92. The second-order valence-electron chi connectivity index (χ2n) is 13.1. The van der Waals surface area contributed by atoms with Crippen molar-refractivity contribution < 1.29 is 42.5 Å². The molecule has 1 aliphatic rings. The molecule has 1 fully saturated rings. The third kappa shape index (κ3) is 14.6. The maximum absolute atomic E-state index is 10.7. The molecule has 7 rings (SSSR count). The average molecular weight is 940 g/mol. The van der Waals surface area contributed by atoms with Crippen molar-refractivity contribution in [3.63, 3.8) is 0 Å². The molecular weight excluding hydrogens is 900 g/mol. The van der Waals surface area contributed by atoms with E-state index in [9.17, 15) is 25.2 Å². The summed E-state index contributed by atoms with van der Waals surface area (Å²) in [5, 5.41) is 8.09. The first kappa shape index (κ1) is 44.5. The van der Waals surface area contributed by atoms with Gasteiger partial charge in [0.25, 0.3) is 0 Å². The molecule has 0 N–H and O–H groups in total. The summed E-state index contributed by atoms with van der Waals surface area (Å²) >= 11 is 1.82. The van der Waals surface area contributed by atoms with Crippen molar-refractivity contribution in [1.29, 1.82) is 0 Å². The van der Waals surface area contributed by atoms with E-state index in [0.29, 0.717) is 0 Å². The van der Waals surface area contributed by atoms with Crippen molar-refractivity contribution >= 4 is 77.6 Å². The summed E-state index contributed by atoms with van der Waals surface area (Å²) in [6.07, 6.45) is 8.81. The second kappa shape index (κ2) is 19.9. The van der Waals surface area contributed by atoms with E-state index in [2.05, 4.69) is 192 Å². The monoisotopic (exact) mass is 940 g/mol. The van der Waals surface area contributed by atoms with E-state index in [1.165, 1.54) is 55.8 Å². The van der Waals surface area contributed by atoms with Crippen LogP contribution in [0.15, 0.2) is 180 Å². The van der Waals surface area contributed by atoms with Gasteiger partial charge >= 0.3 is 60.0 Å². The van der Waals surface area contributed by atoms with E-state index in [4.69, 9.17) is 9.98 Å². The molecule has 6 aromatic rings. The second-order valence-corrected chi connectivity index (χ2v) is 19.4. The molecule has 0 radical (unpaired) electrons. The molecule has 298 valence electrons. The Morgan fingerprint density at radius 1 is 0.439 bits per heavy atom. The van der Waals surface area contributed by atoms with Crippen LogP contribution in [-0.4, -0.2) is 24.5 Å². The molecule has 0 aromatic heterocycles. The van der Waals surface area contributed by atoms with Crippen LogP contribution in [0.3, 0.4) is 0 Å². The normalized spacial score (nSPS) is 16.9. The number of nitrogens with zero attached hydrogens (tertiary/aromatic N) is 2. The molecule has 1 aliphatic carbocycles. The van der Waals surface area contributed by atoms with Gasteiger partial charge in [-0.3, -0.25) is 9.98 Å². The van der Waals surface area contributed by atoms with Gasteiger partial charge in [0.15, 0.2) is 0 Å². The minimum atomic E-state index is -10.7. The zero-order valence-corrected chi connectivity index (χ0v) is 35.7. The van der Waals surface area contributed by atoms with Crippen LogP contribution in [0, 0.1) is 0 Å².